The van der Waals surface area contributed by atoms with E-state index in [0.717, 1.165) is 10.6 Å². The minimum atomic E-state index is -0.402. The average Bonchev–Trinajstić information content (AvgIpc) is 3.08. The topological polar surface area (TPSA) is 76.7 Å². The van der Waals surface area contributed by atoms with Crippen molar-refractivity contribution in [3.63, 3.8) is 0 Å². The standard InChI is InChI=1S/C24H28FN3O3S.C3H5Cl/c1-14-13-18(25)10-12-20(14)23-28-21(24(31-23)32-16(3)26-4)15(2)30-19-8-6-7-17(9-11-19)22(29)27-5;1-3(2)4/h6-7,9-12,14-15H,8,13H2,1-5H3,(H,27,29);1H2,2H3. The molecule has 1 amide bonds. The van der Waals surface area contributed by atoms with Crippen molar-refractivity contribution < 1.29 is 18.3 Å². The van der Waals surface area contributed by atoms with Gasteiger partial charge in [-0.2, -0.15) is 0 Å². The number of oxazole rings is 1. The normalized spacial score (nSPS) is 18.4. The summed E-state index contributed by atoms with van der Waals surface area (Å²) in [5, 5.41) is 4.68. The molecule has 0 aliphatic heterocycles. The van der Waals surface area contributed by atoms with Crippen LogP contribution in [0.2, 0.25) is 0 Å². The van der Waals surface area contributed by atoms with Crippen LogP contribution in [0.5, 0.6) is 0 Å². The highest BCUT2D eigenvalue weighted by atomic mass is 35.5. The molecule has 0 radical (unpaired) electrons. The van der Waals surface area contributed by atoms with E-state index < -0.39 is 6.10 Å². The Hall–Kier alpha value is -2.84. The van der Waals surface area contributed by atoms with Gasteiger partial charge in [0.15, 0.2) is 5.09 Å². The first kappa shape index (κ1) is 29.4. The van der Waals surface area contributed by atoms with Crippen LogP contribution in [0.4, 0.5) is 4.39 Å². The molecule has 2 aliphatic rings. The maximum absolute atomic E-state index is 13.6. The van der Waals surface area contributed by atoms with Gasteiger partial charge in [0.1, 0.15) is 23.4 Å². The molecule has 3 rings (SSSR count). The number of halogens is 2. The lowest BCUT2D eigenvalue weighted by atomic mass is 9.92. The highest BCUT2D eigenvalue weighted by Gasteiger charge is 2.27. The van der Waals surface area contributed by atoms with Crippen molar-refractivity contribution in [2.24, 2.45) is 10.9 Å². The third kappa shape index (κ3) is 8.68. The number of carbonyl (C=O) groups excluding carboxylic acids is 1. The van der Waals surface area contributed by atoms with Crippen molar-refractivity contribution in [2.45, 2.75) is 51.7 Å². The van der Waals surface area contributed by atoms with Crippen LogP contribution in [-0.2, 0) is 9.53 Å². The van der Waals surface area contributed by atoms with Gasteiger partial charge in [0.2, 0.25) is 5.89 Å². The van der Waals surface area contributed by atoms with Gasteiger partial charge in [-0.15, -0.1) is 0 Å². The van der Waals surface area contributed by atoms with Gasteiger partial charge in [0.05, 0.1) is 5.04 Å². The Labute approximate surface area is 221 Å². The molecule has 194 valence electrons. The van der Waals surface area contributed by atoms with E-state index in [4.69, 9.17) is 25.7 Å². The predicted octanol–water partition coefficient (Wildman–Crippen LogP) is 7.44. The highest BCUT2D eigenvalue weighted by Crippen LogP contribution is 2.38. The fourth-order valence-electron chi connectivity index (χ4n) is 3.32. The molecule has 9 heteroatoms. The van der Waals surface area contributed by atoms with E-state index in [1.165, 1.54) is 17.8 Å². The Morgan fingerprint density at radius 3 is 2.67 bits per heavy atom. The SMILES string of the molecule is C=C(C)Cl.CN=C(C)Sc1oc(C2=CC=C(F)CC2C)nc1C(C)OC1=CC=C(C(=O)NC)C=CC1. The number of aromatic nitrogens is 1. The first-order chi connectivity index (χ1) is 17.0. The maximum Gasteiger partial charge on any atom is 0.251 e. The second-order valence-corrected chi connectivity index (χ2v) is 10.1. The van der Waals surface area contributed by atoms with Crippen LogP contribution < -0.4 is 5.32 Å². The van der Waals surface area contributed by atoms with Crippen molar-refractivity contribution >= 4 is 39.9 Å². The number of carbonyl (C=O) groups is 1. The summed E-state index contributed by atoms with van der Waals surface area (Å²) in [6.07, 6.45) is 10.9. The van der Waals surface area contributed by atoms with Crippen LogP contribution in [0.25, 0.3) is 5.57 Å². The third-order valence-electron chi connectivity index (χ3n) is 5.17. The van der Waals surface area contributed by atoms with Gasteiger partial charge in [-0.3, -0.25) is 9.79 Å². The van der Waals surface area contributed by atoms with Gasteiger partial charge < -0.3 is 14.5 Å². The molecule has 1 aromatic heterocycles. The van der Waals surface area contributed by atoms with E-state index in [2.05, 4.69) is 16.9 Å². The molecule has 2 aliphatic carbocycles. The van der Waals surface area contributed by atoms with E-state index in [1.807, 2.05) is 26.8 Å². The molecular weight excluding hydrogens is 501 g/mol. The van der Waals surface area contributed by atoms with Crippen LogP contribution in [-0.4, -0.2) is 30.0 Å². The van der Waals surface area contributed by atoms with Crippen LogP contribution >= 0.6 is 23.4 Å². The van der Waals surface area contributed by atoms with Gasteiger partial charge in [-0.25, -0.2) is 9.37 Å². The fourth-order valence-corrected chi connectivity index (χ4v) is 4.12. The summed E-state index contributed by atoms with van der Waals surface area (Å²) in [7, 11) is 3.32. The molecule has 0 fully saturated rings. The van der Waals surface area contributed by atoms with Gasteiger partial charge in [0, 0.05) is 43.1 Å². The molecule has 0 saturated carbocycles. The lowest BCUT2D eigenvalue weighted by molar-refractivity contribution is -0.116. The molecule has 1 N–H and O–H groups in total. The maximum atomic E-state index is 13.6. The number of nitrogens with one attached hydrogen (secondary N) is 1. The van der Waals surface area contributed by atoms with Crippen molar-refractivity contribution in [2.75, 3.05) is 14.1 Å². The number of thioether (sulfide) groups is 1. The Bertz CT molecular complexity index is 1160. The summed E-state index contributed by atoms with van der Waals surface area (Å²) in [4.78, 5) is 20.8. The molecule has 1 heterocycles. The molecule has 36 heavy (non-hydrogen) atoms. The quantitative estimate of drug-likeness (QED) is 0.233. The zero-order chi connectivity index (χ0) is 26.8. The third-order valence-corrected chi connectivity index (χ3v) is 6.12. The second kappa shape index (κ2) is 14.0. The summed E-state index contributed by atoms with van der Waals surface area (Å²) in [5.74, 6) is 0.843. The summed E-state index contributed by atoms with van der Waals surface area (Å²) in [6.45, 7) is 10.8. The minimum absolute atomic E-state index is 0.0375. The molecule has 0 aromatic carbocycles. The van der Waals surface area contributed by atoms with Gasteiger partial charge in [-0.05, 0) is 56.7 Å². The van der Waals surface area contributed by atoms with Crippen molar-refractivity contribution in [1.82, 2.24) is 10.3 Å². The van der Waals surface area contributed by atoms with E-state index in [-0.39, 0.29) is 17.7 Å². The molecule has 2 unspecified atom stereocenters. The van der Waals surface area contributed by atoms with Crippen LogP contribution in [0.1, 0.15) is 58.2 Å². The summed E-state index contributed by atoms with van der Waals surface area (Å²) >= 11 is 6.46. The van der Waals surface area contributed by atoms with Crippen LogP contribution in [0.15, 0.2) is 79.7 Å². The zero-order valence-corrected chi connectivity index (χ0v) is 23.1. The molecule has 0 bridgehead atoms. The van der Waals surface area contributed by atoms with E-state index in [1.54, 1.807) is 45.3 Å². The number of amides is 1. The number of nitrogens with zero attached hydrogens (tertiary/aromatic N) is 2. The molecular formula is C27H33ClFN3O3S. The number of rotatable bonds is 6. The first-order valence-corrected chi connectivity index (χ1v) is 12.7. The van der Waals surface area contributed by atoms with Crippen LogP contribution in [0, 0.1) is 5.92 Å². The first-order valence-electron chi connectivity index (χ1n) is 11.5. The van der Waals surface area contributed by atoms with Crippen LogP contribution in [0.3, 0.4) is 0 Å². The van der Waals surface area contributed by atoms with E-state index in [0.29, 0.717) is 45.9 Å². The molecule has 0 spiro atoms. The number of ether oxygens (including phenoxy) is 1. The number of likely N-dealkylation sites (N-methyl/N-ethyl adjacent to an activating group) is 1. The van der Waals surface area contributed by atoms with Gasteiger partial charge in [-0.1, -0.05) is 43.3 Å². The molecule has 1 aromatic rings. The molecule has 6 nitrogen and oxygen atoms in total. The Morgan fingerprint density at radius 1 is 1.36 bits per heavy atom. The highest BCUT2D eigenvalue weighted by molar-refractivity contribution is 8.13. The van der Waals surface area contributed by atoms with Crippen molar-refractivity contribution in [1.29, 1.82) is 0 Å². The number of hydrogen-bond donors (Lipinski definition) is 1. The Morgan fingerprint density at radius 2 is 2.06 bits per heavy atom. The van der Waals surface area contributed by atoms with E-state index >= 15 is 0 Å². The van der Waals surface area contributed by atoms with Gasteiger partial charge >= 0.3 is 0 Å². The van der Waals surface area contributed by atoms with E-state index in [9.17, 15) is 9.18 Å². The predicted molar refractivity (Wildman–Crippen MR) is 146 cm³/mol. The van der Waals surface area contributed by atoms with Crippen molar-refractivity contribution in [3.05, 3.63) is 76.8 Å². The lowest BCUT2D eigenvalue weighted by Crippen LogP contribution is -2.18. The summed E-state index contributed by atoms with van der Waals surface area (Å²) in [5.41, 5.74) is 2.07. The summed E-state index contributed by atoms with van der Waals surface area (Å²) in [6, 6.07) is 0. The minimum Gasteiger partial charge on any atom is -0.488 e. The monoisotopic (exact) mass is 533 g/mol. The average molecular weight is 534 g/mol. The number of hydrogen-bond acceptors (Lipinski definition) is 6. The summed E-state index contributed by atoms with van der Waals surface area (Å²) < 4.78 is 25.9. The Balaban J connectivity index is 0.00000106. The lowest BCUT2D eigenvalue weighted by Gasteiger charge is -2.16. The molecule has 2 atom stereocenters. The zero-order valence-electron chi connectivity index (χ0n) is 21.5. The smallest absolute Gasteiger partial charge is 0.251 e. The molecule has 0 saturated heterocycles. The second-order valence-electron chi connectivity index (χ2n) is 8.25. The number of allylic oxidation sites excluding steroid dienone is 8. The largest absolute Gasteiger partial charge is 0.488 e. The van der Waals surface area contributed by atoms with Gasteiger partial charge in [0.25, 0.3) is 5.91 Å². The number of aliphatic imine (C=N–C) groups is 1. The van der Waals surface area contributed by atoms with Crippen molar-refractivity contribution in [3.8, 4) is 0 Å². The Kier molecular flexibility index (Phi) is 11.5. The fraction of sp³-hybridized carbons (Fsp3) is 0.370.